The van der Waals surface area contributed by atoms with Crippen molar-refractivity contribution in [2.24, 2.45) is 0 Å². The van der Waals surface area contributed by atoms with E-state index in [2.05, 4.69) is 10.3 Å². The fourth-order valence-electron chi connectivity index (χ4n) is 4.75. The summed E-state index contributed by atoms with van der Waals surface area (Å²) in [6.07, 6.45) is -3.22. The average molecular weight is 574 g/mol. The van der Waals surface area contributed by atoms with Gasteiger partial charge in [0.1, 0.15) is 18.2 Å². The van der Waals surface area contributed by atoms with E-state index >= 15 is 0 Å². The van der Waals surface area contributed by atoms with E-state index in [-0.39, 0.29) is 24.5 Å². The molecule has 3 aromatic carbocycles. The third-order valence-electron chi connectivity index (χ3n) is 6.76. The van der Waals surface area contributed by atoms with Gasteiger partial charge in [0.2, 0.25) is 0 Å². The van der Waals surface area contributed by atoms with Crippen molar-refractivity contribution in [3.05, 3.63) is 95.9 Å². The number of nitrogens with zero attached hydrogens (tertiary/aromatic N) is 2. The van der Waals surface area contributed by atoms with Crippen LogP contribution in [-0.4, -0.2) is 32.5 Å². The first kappa shape index (κ1) is 28.1. The van der Waals surface area contributed by atoms with E-state index in [4.69, 9.17) is 19.0 Å². The first-order valence-electron chi connectivity index (χ1n) is 12.4. The van der Waals surface area contributed by atoms with Crippen molar-refractivity contribution < 1.29 is 36.8 Å². The number of benzene rings is 3. The Bertz CT molecular complexity index is 1540. The Labute approximate surface area is 228 Å². The summed E-state index contributed by atoms with van der Waals surface area (Å²) in [5, 5.41) is 3.13. The lowest BCUT2D eigenvalue weighted by molar-refractivity contribution is -0.139. The number of imidazole rings is 1. The molecule has 1 aliphatic rings. The number of fused-ring (bicyclic) bond motifs is 1. The van der Waals surface area contributed by atoms with E-state index in [1.807, 2.05) is 54.6 Å². The summed E-state index contributed by atoms with van der Waals surface area (Å²) >= 11 is 0. The highest BCUT2D eigenvalue weighted by atomic mass is 31.2. The van der Waals surface area contributed by atoms with Crippen LogP contribution in [0.4, 0.5) is 13.2 Å². The van der Waals surface area contributed by atoms with E-state index in [1.165, 1.54) is 12.3 Å². The summed E-state index contributed by atoms with van der Waals surface area (Å²) in [4.78, 5) is 22.6. The standard InChI is InChI=1S/C28H27F3N3O5P/c1-27(18-39-40(35,36)37)26-32-16-24(34(26)14-13-33-27)22-11-12-25(23(15-22)28(29,30)31)38-17-19-7-9-21(10-8-19)20-5-3-2-4-6-20/h2-12,15-16,33H,13-14,17-18H2,1H3,(H2,35,36,37)/t27-/m0/s1. The molecule has 12 heteroatoms. The second-order valence-corrected chi connectivity index (χ2v) is 10.9. The molecule has 8 nitrogen and oxygen atoms in total. The van der Waals surface area contributed by atoms with E-state index in [0.717, 1.165) is 22.8 Å². The lowest BCUT2D eigenvalue weighted by Crippen LogP contribution is -2.50. The average Bonchev–Trinajstić information content (AvgIpc) is 3.37. The molecule has 1 aromatic heterocycles. The molecule has 0 saturated heterocycles. The lowest BCUT2D eigenvalue weighted by Gasteiger charge is -2.35. The monoisotopic (exact) mass is 573 g/mol. The van der Waals surface area contributed by atoms with Crippen molar-refractivity contribution in [2.75, 3.05) is 13.2 Å². The number of phosphoric ester groups is 1. The summed E-state index contributed by atoms with van der Waals surface area (Å²) in [6.45, 7) is 2.04. The van der Waals surface area contributed by atoms with Crippen molar-refractivity contribution >= 4 is 7.82 Å². The normalized spacial score (nSPS) is 17.4. The van der Waals surface area contributed by atoms with Crippen LogP contribution in [0.5, 0.6) is 5.75 Å². The fraction of sp³-hybridized carbons (Fsp3) is 0.250. The van der Waals surface area contributed by atoms with Crippen molar-refractivity contribution in [3.63, 3.8) is 0 Å². The Kier molecular flexibility index (Phi) is 7.60. The highest BCUT2D eigenvalue weighted by molar-refractivity contribution is 7.46. The predicted molar refractivity (Wildman–Crippen MR) is 142 cm³/mol. The zero-order valence-electron chi connectivity index (χ0n) is 21.4. The Balaban J connectivity index is 1.38. The minimum atomic E-state index is -4.73. The number of rotatable bonds is 8. The second kappa shape index (κ2) is 10.8. The van der Waals surface area contributed by atoms with Gasteiger partial charge in [-0.15, -0.1) is 0 Å². The van der Waals surface area contributed by atoms with Gasteiger partial charge in [-0.05, 0) is 41.8 Å². The summed E-state index contributed by atoms with van der Waals surface area (Å²) in [5.41, 5.74) is 1.52. The zero-order valence-corrected chi connectivity index (χ0v) is 22.3. The Morgan fingerprint density at radius 2 is 1.70 bits per heavy atom. The molecule has 0 amide bonds. The fourth-order valence-corrected chi connectivity index (χ4v) is 5.17. The van der Waals surface area contributed by atoms with Crippen LogP contribution in [0.1, 0.15) is 23.9 Å². The van der Waals surface area contributed by atoms with Crippen LogP contribution >= 0.6 is 7.82 Å². The van der Waals surface area contributed by atoms with Crippen molar-refractivity contribution in [3.8, 4) is 28.1 Å². The molecule has 40 heavy (non-hydrogen) atoms. The lowest BCUT2D eigenvalue weighted by atomic mass is 10.0. The summed E-state index contributed by atoms with van der Waals surface area (Å²) in [7, 11) is -4.73. The van der Waals surface area contributed by atoms with E-state index in [0.29, 0.717) is 24.6 Å². The van der Waals surface area contributed by atoms with Crippen LogP contribution in [0.15, 0.2) is 79.0 Å². The van der Waals surface area contributed by atoms with Crippen LogP contribution < -0.4 is 10.1 Å². The van der Waals surface area contributed by atoms with Crippen molar-refractivity contribution in [2.45, 2.75) is 31.8 Å². The van der Waals surface area contributed by atoms with Gasteiger partial charge in [-0.1, -0.05) is 54.6 Å². The number of phosphoric acid groups is 1. The molecular weight excluding hydrogens is 546 g/mol. The van der Waals surface area contributed by atoms with Gasteiger partial charge in [-0.3, -0.25) is 4.52 Å². The first-order chi connectivity index (χ1) is 18.9. The highest BCUT2D eigenvalue weighted by Crippen LogP contribution is 2.41. The second-order valence-electron chi connectivity index (χ2n) is 9.70. The minimum Gasteiger partial charge on any atom is -0.488 e. The molecule has 3 N–H and O–H groups in total. The van der Waals surface area contributed by atoms with Gasteiger partial charge in [0, 0.05) is 18.7 Å². The van der Waals surface area contributed by atoms with Gasteiger partial charge in [-0.2, -0.15) is 13.2 Å². The number of alkyl halides is 3. The summed E-state index contributed by atoms with van der Waals surface area (Å²) < 4.78 is 65.6. The third kappa shape index (κ3) is 6.14. The SMILES string of the molecule is C[C@@]1(COP(=O)(O)O)NCCn2c(-c3ccc(OCc4ccc(-c5ccccc5)cc4)c(C(F)(F)F)c3)cnc21. The third-order valence-corrected chi connectivity index (χ3v) is 7.22. The van der Waals surface area contributed by atoms with E-state index in [9.17, 15) is 17.7 Å². The molecule has 0 saturated carbocycles. The van der Waals surface area contributed by atoms with Crippen LogP contribution in [0, 0.1) is 0 Å². The quantitative estimate of drug-likeness (QED) is 0.231. The molecule has 0 fully saturated rings. The topological polar surface area (TPSA) is 106 Å². The molecule has 210 valence electrons. The number of halogens is 3. The summed E-state index contributed by atoms with van der Waals surface area (Å²) in [6, 6.07) is 21.1. The molecular formula is C28H27F3N3O5P. The molecule has 0 bridgehead atoms. The maximum absolute atomic E-state index is 14.1. The first-order valence-corrected chi connectivity index (χ1v) is 14.0. The number of hydrogen-bond acceptors (Lipinski definition) is 5. The van der Waals surface area contributed by atoms with Crippen LogP contribution in [0.25, 0.3) is 22.4 Å². The molecule has 1 aliphatic heterocycles. The maximum atomic E-state index is 14.1. The number of ether oxygens (including phenoxy) is 1. The van der Waals surface area contributed by atoms with Crippen LogP contribution in [0.2, 0.25) is 0 Å². The zero-order chi connectivity index (χ0) is 28.5. The molecule has 0 spiro atoms. The Hall–Kier alpha value is -3.47. The number of nitrogens with one attached hydrogen (secondary N) is 1. The van der Waals surface area contributed by atoms with Crippen molar-refractivity contribution in [1.29, 1.82) is 0 Å². The highest BCUT2D eigenvalue weighted by Gasteiger charge is 2.39. The summed E-state index contributed by atoms with van der Waals surface area (Å²) in [5.74, 6) is 0.110. The largest absolute Gasteiger partial charge is 0.488 e. The molecule has 4 aromatic rings. The predicted octanol–water partition coefficient (Wildman–Crippen LogP) is 5.74. The van der Waals surface area contributed by atoms with Gasteiger partial charge < -0.3 is 24.4 Å². The molecule has 2 heterocycles. The molecule has 0 aliphatic carbocycles. The Morgan fingerprint density at radius 3 is 2.38 bits per heavy atom. The van der Waals surface area contributed by atoms with Gasteiger partial charge in [0.25, 0.3) is 0 Å². The smallest absolute Gasteiger partial charge is 0.469 e. The molecule has 0 unspecified atom stereocenters. The minimum absolute atomic E-state index is 0.0385. The van der Waals surface area contributed by atoms with E-state index < -0.39 is 25.1 Å². The number of aromatic nitrogens is 2. The van der Waals surface area contributed by atoms with Crippen LogP contribution in [0.3, 0.4) is 0 Å². The molecule has 1 atom stereocenters. The van der Waals surface area contributed by atoms with E-state index in [1.54, 1.807) is 17.6 Å². The maximum Gasteiger partial charge on any atom is 0.469 e. The van der Waals surface area contributed by atoms with Crippen LogP contribution in [-0.2, 0) is 34.0 Å². The van der Waals surface area contributed by atoms with Crippen molar-refractivity contribution in [1.82, 2.24) is 14.9 Å². The Morgan fingerprint density at radius 1 is 1.02 bits per heavy atom. The molecule has 0 radical (unpaired) electrons. The van der Waals surface area contributed by atoms with Gasteiger partial charge in [-0.25, -0.2) is 9.55 Å². The van der Waals surface area contributed by atoms with Gasteiger partial charge in [0.15, 0.2) is 0 Å². The number of hydrogen-bond donors (Lipinski definition) is 3. The van der Waals surface area contributed by atoms with Gasteiger partial charge in [0.05, 0.1) is 29.6 Å². The molecule has 5 rings (SSSR count). The van der Waals surface area contributed by atoms with Gasteiger partial charge >= 0.3 is 14.0 Å².